The van der Waals surface area contributed by atoms with Crippen LogP contribution in [-0.2, 0) is 16.0 Å². The minimum absolute atomic E-state index is 0.0219. The summed E-state index contributed by atoms with van der Waals surface area (Å²) in [4.78, 5) is 9.89. The lowest BCUT2D eigenvalue weighted by molar-refractivity contribution is 0.101. The van der Waals surface area contributed by atoms with Crippen molar-refractivity contribution in [1.29, 1.82) is 0 Å². The maximum atomic E-state index is 9.89. The summed E-state index contributed by atoms with van der Waals surface area (Å²) in [6, 6.07) is 7.93. The Hall–Kier alpha value is -1.51. The molecule has 1 radical (unpaired) electrons. The van der Waals surface area contributed by atoms with Crippen molar-refractivity contribution in [2.24, 2.45) is 0 Å². The molecule has 3 heteroatoms. The maximum Gasteiger partial charge on any atom is 0.417 e. The Labute approximate surface area is 82.6 Å². The summed E-state index contributed by atoms with van der Waals surface area (Å²) in [5.74, 6) is 0.901. The van der Waals surface area contributed by atoms with Crippen LogP contribution in [0.4, 0.5) is 0 Å². The molecule has 0 spiro atoms. The van der Waals surface area contributed by atoms with Gasteiger partial charge in [-0.15, -0.1) is 0 Å². The molecule has 1 aliphatic rings. The highest BCUT2D eigenvalue weighted by Gasteiger charge is 2.19. The fourth-order valence-corrected chi connectivity index (χ4v) is 1.62. The van der Waals surface area contributed by atoms with Crippen LogP contribution < -0.4 is 4.74 Å². The highest BCUT2D eigenvalue weighted by atomic mass is 16.6. The first-order valence-corrected chi connectivity index (χ1v) is 4.63. The lowest BCUT2D eigenvalue weighted by atomic mass is 10.0. The topological polar surface area (TPSA) is 35.5 Å². The third kappa shape index (κ3) is 1.87. The average Bonchev–Trinajstić information content (AvgIpc) is 2.26. The van der Waals surface area contributed by atoms with Gasteiger partial charge in [-0.1, -0.05) is 18.2 Å². The predicted octanol–water partition coefficient (Wildman–Crippen LogP) is 1.46. The van der Waals surface area contributed by atoms with Crippen LogP contribution in [0.2, 0.25) is 0 Å². The Morgan fingerprint density at radius 3 is 3.21 bits per heavy atom. The van der Waals surface area contributed by atoms with E-state index in [4.69, 9.17) is 4.74 Å². The number of hydrogen-bond donors (Lipinski definition) is 0. The average molecular weight is 191 g/mol. The number of benzene rings is 1. The maximum absolute atomic E-state index is 9.89. The van der Waals surface area contributed by atoms with Crippen molar-refractivity contribution >= 4 is 6.47 Å². The van der Waals surface area contributed by atoms with E-state index in [1.807, 2.05) is 18.2 Å². The molecule has 1 aliphatic heterocycles. The zero-order chi connectivity index (χ0) is 9.80. The van der Waals surface area contributed by atoms with Crippen LogP contribution in [0, 0.1) is 0 Å². The minimum Gasteiger partial charge on any atom is -0.487 e. The molecule has 0 fully saturated rings. The van der Waals surface area contributed by atoms with Crippen LogP contribution in [0.1, 0.15) is 12.0 Å². The van der Waals surface area contributed by atoms with Crippen LogP contribution in [0.15, 0.2) is 24.3 Å². The highest BCUT2D eigenvalue weighted by molar-refractivity contribution is 5.38. The lowest BCUT2D eigenvalue weighted by Crippen LogP contribution is -2.27. The molecule has 73 valence electrons. The summed E-state index contributed by atoms with van der Waals surface area (Å²) in [6.45, 7) is 1.70. The van der Waals surface area contributed by atoms with Crippen molar-refractivity contribution in [1.82, 2.24) is 0 Å². The van der Waals surface area contributed by atoms with Crippen LogP contribution >= 0.6 is 0 Å². The zero-order valence-electron chi connectivity index (χ0n) is 7.73. The monoisotopic (exact) mass is 191 g/mol. The molecule has 1 unspecified atom stereocenters. The molecule has 0 aromatic heterocycles. The van der Waals surface area contributed by atoms with E-state index in [9.17, 15) is 4.79 Å². The van der Waals surface area contributed by atoms with Gasteiger partial charge in [-0.05, 0) is 24.5 Å². The van der Waals surface area contributed by atoms with Gasteiger partial charge in [0.1, 0.15) is 18.5 Å². The molecule has 0 saturated carbocycles. The van der Waals surface area contributed by atoms with Gasteiger partial charge in [0.05, 0.1) is 0 Å². The SMILES string of the molecule is O=[C]OCC1CCc2ccccc2O1. The summed E-state index contributed by atoms with van der Waals surface area (Å²) >= 11 is 0. The van der Waals surface area contributed by atoms with Crippen molar-refractivity contribution in [2.75, 3.05) is 6.61 Å². The molecule has 3 nitrogen and oxygen atoms in total. The second-order valence-corrected chi connectivity index (χ2v) is 3.28. The predicted molar refractivity (Wildman–Crippen MR) is 50.8 cm³/mol. The van der Waals surface area contributed by atoms with Gasteiger partial charge in [-0.25, -0.2) is 4.79 Å². The standard InChI is InChI=1S/C11H11O3/c12-8-13-7-10-6-5-9-3-1-2-4-11(9)14-10/h1-4,10H,5-7H2. The van der Waals surface area contributed by atoms with E-state index < -0.39 is 0 Å². The Bertz CT molecular complexity index is 322. The van der Waals surface area contributed by atoms with Crippen molar-refractivity contribution in [2.45, 2.75) is 18.9 Å². The highest BCUT2D eigenvalue weighted by Crippen LogP contribution is 2.26. The molecule has 1 atom stereocenters. The van der Waals surface area contributed by atoms with Crippen molar-refractivity contribution < 1.29 is 14.3 Å². The van der Waals surface area contributed by atoms with E-state index in [0.29, 0.717) is 0 Å². The number of hydrogen-bond acceptors (Lipinski definition) is 3. The molecule has 0 saturated heterocycles. The largest absolute Gasteiger partial charge is 0.487 e. The Morgan fingerprint density at radius 2 is 2.36 bits per heavy atom. The second-order valence-electron chi connectivity index (χ2n) is 3.28. The van der Waals surface area contributed by atoms with E-state index in [0.717, 1.165) is 18.6 Å². The third-order valence-corrected chi connectivity index (χ3v) is 2.33. The Morgan fingerprint density at radius 1 is 1.50 bits per heavy atom. The summed E-state index contributed by atoms with van der Waals surface area (Å²) in [5.41, 5.74) is 1.22. The van der Waals surface area contributed by atoms with Crippen molar-refractivity contribution in [3.05, 3.63) is 29.8 Å². The van der Waals surface area contributed by atoms with Crippen molar-refractivity contribution in [3.8, 4) is 5.75 Å². The number of carbonyl (C=O) groups excluding carboxylic acids is 1. The number of ether oxygens (including phenoxy) is 2. The molecule has 0 N–H and O–H groups in total. The van der Waals surface area contributed by atoms with E-state index in [1.165, 1.54) is 12.0 Å². The molecule has 14 heavy (non-hydrogen) atoms. The number of aryl methyl sites for hydroxylation is 1. The van der Waals surface area contributed by atoms with Crippen LogP contribution in [0.3, 0.4) is 0 Å². The second kappa shape index (κ2) is 4.13. The Kier molecular flexibility index (Phi) is 2.68. The lowest BCUT2D eigenvalue weighted by Gasteiger charge is -2.24. The van der Waals surface area contributed by atoms with Gasteiger partial charge in [0, 0.05) is 0 Å². The smallest absolute Gasteiger partial charge is 0.417 e. The van der Waals surface area contributed by atoms with Gasteiger partial charge in [-0.2, -0.15) is 0 Å². The molecule has 0 bridgehead atoms. The van der Waals surface area contributed by atoms with Gasteiger partial charge >= 0.3 is 6.47 Å². The van der Waals surface area contributed by atoms with E-state index in [1.54, 1.807) is 0 Å². The van der Waals surface area contributed by atoms with E-state index >= 15 is 0 Å². The normalized spacial score (nSPS) is 19.3. The number of para-hydroxylation sites is 1. The molecular weight excluding hydrogens is 180 g/mol. The van der Waals surface area contributed by atoms with Crippen molar-refractivity contribution in [3.63, 3.8) is 0 Å². The molecule has 0 aliphatic carbocycles. The van der Waals surface area contributed by atoms with E-state index in [2.05, 4.69) is 10.8 Å². The summed E-state index contributed by atoms with van der Waals surface area (Å²) < 4.78 is 10.2. The first-order chi connectivity index (χ1) is 6.90. The van der Waals surface area contributed by atoms with Gasteiger partial charge in [-0.3, -0.25) is 0 Å². The molecular formula is C11H11O3. The van der Waals surface area contributed by atoms with Crippen LogP contribution in [0.5, 0.6) is 5.75 Å². The molecule has 1 aromatic carbocycles. The van der Waals surface area contributed by atoms with Crippen LogP contribution in [0.25, 0.3) is 0 Å². The number of rotatable bonds is 3. The zero-order valence-corrected chi connectivity index (χ0v) is 7.73. The summed E-state index contributed by atoms with van der Waals surface area (Å²) in [5, 5.41) is 0. The minimum atomic E-state index is -0.0219. The number of fused-ring (bicyclic) bond motifs is 1. The van der Waals surface area contributed by atoms with E-state index in [-0.39, 0.29) is 12.7 Å². The molecule has 1 heterocycles. The fraction of sp³-hybridized carbons (Fsp3) is 0.364. The first-order valence-electron chi connectivity index (χ1n) is 4.63. The molecule has 2 rings (SSSR count). The molecule has 0 amide bonds. The van der Waals surface area contributed by atoms with Crippen LogP contribution in [-0.4, -0.2) is 19.2 Å². The van der Waals surface area contributed by atoms with Gasteiger partial charge in [0.2, 0.25) is 0 Å². The Balaban J connectivity index is 2.02. The molecule has 1 aromatic rings. The van der Waals surface area contributed by atoms with Gasteiger partial charge < -0.3 is 9.47 Å². The third-order valence-electron chi connectivity index (χ3n) is 2.33. The summed E-state index contributed by atoms with van der Waals surface area (Å²) in [7, 11) is 0. The summed E-state index contributed by atoms with van der Waals surface area (Å²) in [6.07, 6.45) is 1.84. The fourth-order valence-electron chi connectivity index (χ4n) is 1.62. The first kappa shape index (κ1) is 9.06. The van der Waals surface area contributed by atoms with Gasteiger partial charge in [0.15, 0.2) is 0 Å². The quantitative estimate of drug-likeness (QED) is 0.725. The van der Waals surface area contributed by atoms with Gasteiger partial charge in [0.25, 0.3) is 0 Å².